The van der Waals surface area contributed by atoms with Gasteiger partial charge in [-0.2, -0.15) is 13.2 Å². The smallest absolute Gasteiger partial charge is 0.388 e. The Morgan fingerprint density at radius 1 is 1.44 bits per heavy atom. The summed E-state index contributed by atoms with van der Waals surface area (Å²) in [6.07, 6.45) is -3.68. The molecule has 0 saturated carbocycles. The first kappa shape index (κ1) is 14.7. The highest BCUT2D eigenvalue weighted by molar-refractivity contribution is 7.80. The van der Waals surface area contributed by atoms with Crippen LogP contribution < -0.4 is 10.6 Å². The summed E-state index contributed by atoms with van der Waals surface area (Å²) in [5.41, 5.74) is 5.74. The zero-order valence-electron chi connectivity index (χ0n) is 9.87. The first-order valence-electron chi connectivity index (χ1n) is 5.42. The monoisotopic (exact) mass is 277 g/mol. The van der Waals surface area contributed by atoms with Gasteiger partial charge >= 0.3 is 6.18 Å². The van der Waals surface area contributed by atoms with E-state index in [9.17, 15) is 13.2 Å². The molecule has 0 bridgehead atoms. The van der Waals surface area contributed by atoms with Gasteiger partial charge in [0.05, 0.1) is 5.69 Å². The fraction of sp³-hybridized carbons (Fsp3) is 0.455. The van der Waals surface area contributed by atoms with E-state index in [1.165, 1.54) is 11.0 Å². The summed E-state index contributed by atoms with van der Waals surface area (Å²) < 4.78 is 37.4. The maximum absolute atomic E-state index is 12.5. The average Bonchev–Trinajstić information content (AvgIpc) is 2.27. The van der Waals surface area contributed by atoms with Gasteiger partial charge in [-0.15, -0.1) is 0 Å². The van der Waals surface area contributed by atoms with Crippen molar-refractivity contribution in [1.82, 2.24) is 4.98 Å². The molecule has 0 fully saturated rings. The summed E-state index contributed by atoms with van der Waals surface area (Å²) in [5.74, 6) is 0.236. The minimum Gasteiger partial charge on any atom is -0.388 e. The zero-order chi connectivity index (χ0) is 13.8. The molecule has 0 radical (unpaired) electrons. The Bertz CT molecular complexity index is 420. The quantitative estimate of drug-likeness (QED) is 0.840. The number of halogens is 3. The number of nitrogens with two attached hydrogens (primary N) is 1. The molecule has 0 unspecified atom stereocenters. The number of rotatable bonds is 5. The highest BCUT2D eigenvalue weighted by Gasteiger charge is 2.31. The Kier molecular flexibility index (Phi) is 4.89. The lowest BCUT2D eigenvalue weighted by Crippen LogP contribution is -2.35. The molecular weight excluding hydrogens is 263 g/mol. The van der Waals surface area contributed by atoms with Crippen molar-refractivity contribution in [1.29, 1.82) is 0 Å². The zero-order valence-corrected chi connectivity index (χ0v) is 10.7. The molecule has 0 aromatic carbocycles. The molecule has 1 aromatic rings. The maximum atomic E-state index is 12.5. The molecule has 7 heteroatoms. The highest BCUT2D eigenvalue weighted by Crippen LogP contribution is 2.21. The third-order valence-electron chi connectivity index (χ3n) is 2.17. The van der Waals surface area contributed by atoms with Crippen molar-refractivity contribution in [3.8, 4) is 0 Å². The fourth-order valence-corrected chi connectivity index (χ4v) is 1.61. The van der Waals surface area contributed by atoms with Crippen LogP contribution in [0.15, 0.2) is 18.2 Å². The SMILES string of the molecule is CCCN(CC(F)(F)F)c1cccc(C(N)=S)n1. The van der Waals surface area contributed by atoms with Gasteiger partial charge in [0.25, 0.3) is 0 Å². The molecule has 1 rings (SSSR count). The number of thiocarbonyl (C=S) groups is 1. The van der Waals surface area contributed by atoms with Crippen LogP contribution in [0.5, 0.6) is 0 Å². The lowest BCUT2D eigenvalue weighted by Gasteiger charge is -2.24. The molecule has 0 amide bonds. The summed E-state index contributed by atoms with van der Waals surface area (Å²) >= 11 is 4.76. The molecule has 0 aliphatic heterocycles. The Balaban J connectivity index is 2.98. The fourth-order valence-electron chi connectivity index (χ4n) is 1.50. The van der Waals surface area contributed by atoms with Crippen molar-refractivity contribution in [3.63, 3.8) is 0 Å². The van der Waals surface area contributed by atoms with E-state index in [4.69, 9.17) is 18.0 Å². The van der Waals surface area contributed by atoms with Crippen molar-refractivity contribution >= 4 is 23.0 Å². The molecule has 0 spiro atoms. The number of hydrogen-bond donors (Lipinski definition) is 1. The van der Waals surface area contributed by atoms with Crippen LogP contribution in [-0.4, -0.2) is 29.2 Å². The van der Waals surface area contributed by atoms with Gasteiger partial charge in [-0.05, 0) is 18.6 Å². The number of alkyl halides is 3. The van der Waals surface area contributed by atoms with E-state index in [1.807, 2.05) is 0 Å². The lowest BCUT2D eigenvalue weighted by molar-refractivity contribution is -0.119. The van der Waals surface area contributed by atoms with Gasteiger partial charge in [-0.3, -0.25) is 0 Å². The van der Waals surface area contributed by atoms with E-state index in [1.54, 1.807) is 19.1 Å². The van der Waals surface area contributed by atoms with Crippen LogP contribution in [0.2, 0.25) is 0 Å². The summed E-state index contributed by atoms with van der Waals surface area (Å²) in [4.78, 5) is 5.27. The van der Waals surface area contributed by atoms with E-state index in [0.29, 0.717) is 12.1 Å². The van der Waals surface area contributed by atoms with E-state index in [0.717, 1.165) is 0 Å². The topological polar surface area (TPSA) is 42.1 Å². The van der Waals surface area contributed by atoms with Crippen LogP contribution in [0.1, 0.15) is 19.0 Å². The second-order valence-electron chi connectivity index (χ2n) is 3.78. The second-order valence-corrected chi connectivity index (χ2v) is 4.22. The maximum Gasteiger partial charge on any atom is 0.405 e. The molecule has 2 N–H and O–H groups in total. The van der Waals surface area contributed by atoms with Gasteiger partial charge in [0.2, 0.25) is 0 Å². The number of aromatic nitrogens is 1. The molecule has 1 aromatic heterocycles. The standard InChI is InChI=1S/C11H14F3N3S/c1-2-6-17(7-11(12,13)14)9-5-3-4-8(16-9)10(15)18/h3-5H,2,6-7H2,1H3,(H2,15,18). The number of pyridine rings is 1. The van der Waals surface area contributed by atoms with Crippen molar-refractivity contribution in [2.75, 3.05) is 18.0 Å². The third kappa shape index (κ3) is 4.48. The van der Waals surface area contributed by atoms with E-state index in [-0.39, 0.29) is 17.4 Å². The summed E-state index contributed by atoms with van der Waals surface area (Å²) in [5, 5.41) is 0. The van der Waals surface area contributed by atoms with Crippen LogP contribution in [0.3, 0.4) is 0 Å². The first-order valence-corrected chi connectivity index (χ1v) is 5.83. The number of anilines is 1. The van der Waals surface area contributed by atoms with Crippen LogP contribution in [-0.2, 0) is 0 Å². The van der Waals surface area contributed by atoms with E-state index in [2.05, 4.69) is 4.98 Å². The van der Waals surface area contributed by atoms with Gasteiger partial charge < -0.3 is 10.6 Å². The predicted molar refractivity (Wildman–Crippen MR) is 68.7 cm³/mol. The molecule has 0 saturated heterocycles. The minimum atomic E-state index is -4.27. The van der Waals surface area contributed by atoms with E-state index < -0.39 is 12.7 Å². The Hall–Kier alpha value is -1.37. The Morgan fingerprint density at radius 3 is 2.61 bits per heavy atom. The van der Waals surface area contributed by atoms with Gasteiger partial charge in [-0.25, -0.2) is 4.98 Å². The third-order valence-corrected chi connectivity index (χ3v) is 2.38. The largest absolute Gasteiger partial charge is 0.405 e. The first-order chi connectivity index (χ1) is 8.33. The number of hydrogen-bond acceptors (Lipinski definition) is 3. The van der Waals surface area contributed by atoms with Crippen LogP contribution in [0.25, 0.3) is 0 Å². The second kappa shape index (κ2) is 5.99. The minimum absolute atomic E-state index is 0.0697. The molecule has 3 nitrogen and oxygen atoms in total. The Labute approximate surface area is 109 Å². The highest BCUT2D eigenvalue weighted by atomic mass is 32.1. The number of nitrogens with zero attached hydrogens (tertiary/aromatic N) is 2. The summed E-state index contributed by atoms with van der Waals surface area (Å²) in [7, 11) is 0. The van der Waals surface area contributed by atoms with Crippen LogP contribution >= 0.6 is 12.2 Å². The van der Waals surface area contributed by atoms with Crippen molar-refractivity contribution in [2.24, 2.45) is 5.73 Å². The molecule has 100 valence electrons. The lowest BCUT2D eigenvalue weighted by atomic mass is 10.3. The summed E-state index contributed by atoms with van der Waals surface area (Å²) in [6, 6.07) is 4.68. The van der Waals surface area contributed by atoms with Crippen molar-refractivity contribution in [3.05, 3.63) is 23.9 Å². The van der Waals surface area contributed by atoms with E-state index >= 15 is 0 Å². The molecule has 1 heterocycles. The van der Waals surface area contributed by atoms with Gasteiger partial charge in [0.15, 0.2) is 0 Å². The van der Waals surface area contributed by atoms with Crippen LogP contribution in [0, 0.1) is 0 Å². The molecule has 18 heavy (non-hydrogen) atoms. The molecule has 0 atom stereocenters. The summed E-state index contributed by atoms with van der Waals surface area (Å²) in [6.45, 7) is 1.04. The molecular formula is C11H14F3N3S. The van der Waals surface area contributed by atoms with Gasteiger partial charge in [0, 0.05) is 6.54 Å². The van der Waals surface area contributed by atoms with Crippen molar-refractivity contribution < 1.29 is 13.2 Å². The molecule has 0 aliphatic carbocycles. The predicted octanol–water partition coefficient (Wildman–Crippen LogP) is 2.49. The normalized spacial score (nSPS) is 11.3. The Morgan fingerprint density at radius 2 is 2.11 bits per heavy atom. The van der Waals surface area contributed by atoms with Crippen LogP contribution in [0.4, 0.5) is 19.0 Å². The van der Waals surface area contributed by atoms with Gasteiger partial charge in [-0.1, -0.05) is 25.2 Å². The van der Waals surface area contributed by atoms with Crippen molar-refractivity contribution in [2.45, 2.75) is 19.5 Å². The molecule has 0 aliphatic rings. The van der Waals surface area contributed by atoms with Gasteiger partial charge in [0.1, 0.15) is 17.4 Å². The average molecular weight is 277 g/mol.